The maximum absolute atomic E-state index is 12.4. The van der Waals surface area contributed by atoms with Crippen LogP contribution in [0.25, 0.3) is 0 Å². The lowest BCUT2D eigenvalue weighted by molar-refractivity contribution is 0.0945. The smallest absolute Gasteiger partial charge is 0.270 e. The number of aryl methyl sites for hydroxylation is 1. The molecule has 2 rings (SSSR count). The second-order valence-corrected chi connectivity index (χ2v) is 5.65. The monoisotopic (exact) mass is 327 g/mol. The van der Waals surface area contributed by atoms with Crippen molar-refractivity contribution in [3.8, 4) is 0 Å². The van der Waals surface area contributed by atoms with Crippen LogP contribution in [0.4, 0.5) is 5.82 Å². The zero-order valence-corrected chi connectivity index (χ0v) is 14.6. The van der Waals surface area contributed by atoms with Crippen LogP contribution >= 0.6 is 0 Å². The van der Waals surface area contributed by atoms with E-state index in [1.54, 1.807) is 12.3 Å². The molecule has 0 radical (unpaired) electrons. The fourth-order valence-corrected chi connectivity index (χ4v) is 2.48. The Bertz CT molecular complexity index is 654. The molecule has 2 heterocycles. The number of hydrogen-bond acceptors (Lipinski definition) is 5. The molecule has 1 N–H and O–H groups in total. The van der Waals surface area contributed by atoms with Crippen LogP contribution in [0, 0.1) is 6.92 Å². The Morgan fingerprint density at radius 3 is 2.54 bits per heavy atom. The Morgan fingerprint density at radius 2 is 1.92 bits per heavy atom. The van der Waals surface area contributed by atoms with Gasteiger partial charge in [-0.2, -0.15) is 0 Å². The summed E-state index contributed by atoms with van der Waals surface area (Å²) in [5, 5.41) is 2.86. The number of amides is 1. The molecule has 0 spiro atoms. The topological polar surface area (TPSA) is 71.0 Å². The van der Waals surface area contributed by atoms with Gasteiger partial charge in [-0.05, 0) is 31.9 Å². The van der Waals surface area contributed by atoms with Crippen LogP contribution in [-0.4, -0.2) is 33.9 Å². The molecule has 0 bridgehead atoms. The first-order valence-corrected chi connectivity index (χ1v) is 8.42. The predicted molar refractivity (Wildman–Crippen MR) is 95.0 cm³/mol. The predicted octanol–water partition coefficient (Wildman–Crippen LogP) is 2.74. The van der Waals surface area contributed by atoms with E-state index in [2.05, 4.69) is 39.0 Å². The molecule has 128 valence electrons. The quantitative estimate of drug-likeness (QED) is 0.807. The van der Waals surface area contributed by atoms with Crippen LogP contribution < -0.4 is 10.2 Å². The number of carbonyl (C=O) groups excluding carboxylic acids is 1. The lowest BCUT2D eigenvalue weighted by Gasteiger charge is -2.23. The number of nitrogens with one attached hydrogen (secondary N) is 1. The molecule has 0 aliphatic rings. The maximum Gasteiger partial charge on any atom is 0.270 e. The summed E-state index contributed by atoms with van der Waals surface area (Å²) in [7, 11) is 0. The first-order chi connectivity index (χ1) is 11.6. The van der Waals surface area contributed by atoms with E-state index in [-0.39, 0.29) is 5.91 Å². The Morgan fingerprint density at radius 1 is 1.17 bits per heavy atom. The van der Waals surface area contributed by atoms with Crippen molar-refractivity contribution in [2.24, 2.45) is 0 Å². The fraction of sp³-hybridized carbons (Fsp3) is 0.444. The minimum absolute atomic E-state index is 0.208. The lowest BCUT2D eigenvalue weighted by atomic mass is 10.3. The number of rotatable bonds is 8. The van der Waals surface area contributed by atoms with Crippen molar-refractivity contribution in [3.63, 3.8) is 0 Å². The highest BCUT2D eigenvalue weighted by molar-refractivity contribution is 5.92. The minimum atomic E-state index is -0.208. The third kappa shape index (κ3) is 5.01. The van der Waals surface area contributed by atoms with Crippen molar-refractivity contribution in [2.75, 3.05) is 18.0 Å². The Hall–Kier alpha value is -2.50. The first kappa shape index (κ1) is 17.8. The van der Waals surface area contributed by atoms with Crippen LogP contribution in [0.2, 0.25) is 0 Å². The van der Waals surface area contributed by atoms with Gasteiger partial charge in [-0.3, -0.25) is 9.78 Å². The van der Waals surface area contributed by atoms with Gasteiger partial charge < -0.3 is 10.2 Å². The average Bonchev–Trinajstić information content (AvgIpc) is 2.60. The van der Waals surface area contributed by atoms with Gasteiger partial charge in [0.25, 0.3) is 5.91 Å². The van der Waals surface area contributed by atoms with Crippen molar-refractivity contribution in [2.45, 2.75) is 40.2 Å². The first-order valence-electron chi connectivity index (χ1n) is 8.42. The van der Waals surface area contributed by atoms with Crippen LogP contribution in [-0.2, 0) is 6.54 Å². The van der Waals surface area contributed by atoms with E-state index in [4.69, 9.17) is 0 Å². The summed E-state index contributed by atoms with van der Waals surface area (Å²) in [6, 6.07) is 7.39. The van der Waals surface area contributed by atoms with E-state index >= 15 is 0 Å². The summed E-state index contributed by atoms with van der Waals surface area (Å²) in [4.78, 5) is 27.6. The van der Waals surface area contributed by atoms with Gasteiger partial charge in [-0.25, -0.2) is 9.97 Å². The van der Waals surface area contributed by atoms with Crippen molar-refractivity contribution < 1.29 is 4.79 Å². The van der Waals surface area contributed by atoms with Crippen molar-refractivity contribution >= 4 is 11.7 Å². The van der Waals surface area contributed by atoms with Gasteiger partial charge in [0.1, 0.15) is 17.3 Å². The van der Waals surface area contributed by atoms with Crippen LogP contribution in [0.5, 0.6) is 0 Å². The van der Waals surface area contributed by atoms with E-state index in [1.165, 1.54) is 0 Å². The van der Waals surface area contributed by atoms with Crippen LogP contribution in [0.15, 0.2) is 30.5 Å². The molecule has 6 nitrogen and oxygen atoms in total. The molecule has 0 unspecified atom stereocenters. The van der Waals surface area contributed by atoms with Crippen LogP contribution in [0.1, 0.15) is 48.7 Å². The van der Waals surface area contributed by atoms with Gasteiger partial charge in [0.15, 0.2) is 0 Å². The Labute approximate surface area is 143 Å². The van der Waals surface area contributed by atoms with E-state index in [0.29, 0.717) is 18.1 Å². The maximum atomic E-state index is 12.4. The largest absolute Gasteiger partial charge is 0.357 e. The average molecular weight is 327 g/mol. The van der Waals surface area contributed by atoms with E-state index in [0.717, 1.165) is 37.4 Å². The summed E-state index contributed by atoms with van der Waals surface area (Å²) >= 11 is 0. The van der Waals surface area contributed by atoms with Gasteiger partial charge in [0.05, 0.1) is 12.2 Å². The normalized spacial score (nSPS) is 10.5. The van der Waals surface area contributed by atoms with Gasteiger partial charge in [0, 0.05) is 25.4 Å². The van der Waals surface area contributed by atoms with E-state index < -0.39 is 0 Å². The van der Waals surface area contributed by atoms with E-state index in [1.807, 2.05) is 25.1 Å². The number of pyridine rings is 1. The molecule has 2 aromatic heterocycles. The molecule has 0 aliphatic heterocycles. The molecule has 24 heavy (non-hydrogen) atoms. The number of carbonyl (C=O) groups is 1. The highest BCUT2D eigenvalue weighted by atomic mass is 16.1. The van der Waals surface area contributed by atoms with Crippen molar-refractivity contribution in [3.05, 3.63) is 47.7 Å². The fourth-order valence-electron chi connectivity index (χ4n) is 2.48. The minimum Gasteiger partial charge on any atom is -0.357 e. The third-order valence-corrected chi connectivity index (χ3v) is 3.52. The summed E-state index contributed by atoms with van der Waals surface area (Å²) in [5.41, 5.74) is 1.21. The number of hydrogen-bond donors (Lipinski definition) is 1. The van der Waals surface area contributed by atoms with Crippen molar-refractivity contribution in [1.82, 2.24) is 20.3 Å². The zero-order chi connectivity index (χ0) is 17.4. The number of anilines is 1. The molecule has 0 saturated carbocycles. The molecular formula is C18H25N5O. The molecule has 0 atom stereocenters. The lowest BCUT2D eigenvalue weighted by Crippen LogP contribution is -2.28. The summed E-state index contributed by atoms with van der Waals surface area (Å²) in [6.45, 7) is 8.30. The molecular weight excluding hydrogens is 302 g/mol. The number of aromatic nitrogens is 3. The van der Waals surface area contributed by atoms with Gasteiger partial charge in [-0.15, -0.1) is 0 Å². The zero-order valence-electron chi connectivity index (χ0n) is 14.6. The standard InChI is InChI=1S/C18H25N5O/c1-4-10-23(11-5-2)17-12-16(21-14(3)22-17)18(24)20-13-15-8-6-7-9-19-15/h6-9,12H,4-5,10-11,13H2,1-3H3,(H,20,24). The van der Waals surface area contributed by atoms with Gasteiger partial charge >= 0.3 is 0 Å². The molecule has 0 aliphatic carbocycles. The molecule has 2 aromatic rings. The molecule has 1 amide bonds. The molecule has 6 heteroatoms. The SMILES string of the molecule is CCCN(CCC)c1cc(C(=O)NCc2ccccn2)nc(C)n1. The van der Waals surface area contributed by atoms with Crippen molar-refractivity contribution in [1.29, 1.82) is 0 Å². The Kier molecular flexibility index (Phi) is 6.66. The highest BCUT2D eigenvalue weighted by Crippen LogP contribution is 2.14. The van der Waals surface area contributed by atoms with E-state index in [9.17, 15) is 4.79 Å². The van der Waals surface area contributed by atoms with Gasteiger partial charge in [-0.1, -0.05) is 19.9 Å². The van der Waals surface area contributed by atoms with Gasteiger partial charge in [0.2, 0.25) is 0 Å². The summed E-state index contributed by atoms with van der Waals surface area (Å²) in [5.74, 6) is 1.21. The second-order valence-electron chi connectivity index (χ2n) is 5.65. The summed E-state index contributed by atoms with van der Waals surface area (Å²) in [6.07, 6.45) is 3.77. The molecule has 0 aromatic carbocycles. The Balaban J connectivity index is 2.12. The molecule has 0 fully saturated rings. The van der Waals surface area contributed by atoms with Crippen LogP contribution in [0.3, 0.4) is 0 Å². The third-order valence-electron chi connectivity index (χ3n) is 3.52. The highest BCUT2D eigenvalue weighted by Gasteiger charge is 2.14. The number of nitrogens with zero attached hydrogens (tertiary/aromatic N) is 4. The summed E-state index contributed by atoms with van der Waals surface area (Å²) < 4.78 is 0. The second kappa shape index (κ2) is 8.96. The molecule has 0 saturated heterocycles.